The third-order valence-corrected chi connectivity index (χ3v) is 3.91. The van der Waals surface area contributed by atoms with Crippen LogP contribution >= 0.6 is 0 Å². The number of anilines is 1. The largest absolute Gasteiger partial charge is 0.673 e. The van der Waals surface area contributed by atoms with E-state index in [-0.39, 0.29) is 0 Å². The maximum absolute atomic E-state index is 9.75. The van der Waals surface area contributed by atoms with Crippen molar-refractivity contribution in [2.24, 2.45) is 0 Å². The van der Waals surface area contributed by atoms with Crippen molar-refractivity contribution in [2.45, 2.75) is 47.0 Å². The molecule has 0 amide bonds. The molecule has 1 aromatic carbocycles. The van der Waals surface area contributed by atoms with E-state index < -0.39 is 7.25 Å². The van der Waals surface area contributed by atoms with Crippen molar-refractivity contribution in [3.63, 3.8) is 0 Å². The Morgan fingerprint density at radius 1 is 1.00 bits per heavy atom. The number of hydrogen-bond acceptors (Lipinski definition) is 1. The first-order chi connectivity index (χ1) is 11.7. The maximum Gasteiger partial charge on any atom is 0.673 e. The molecule has 0 fully saturated rings. The van der Waals surface area contributed by atoms with Crippen molar-refractivity contribution in [2.75, 3.05) is 18.0 Å². The van der Waals surface area contributed by atoms with Crippen molar-refractivity contribution in [1.29, 1.82) is 0 Å². The molecule has 0 unspecified atom stereocenters. The highest BCUT2D eigenvalue weighted by Gasteiger charge is 2.20. The molecule has 0 bridgehead atoms. The second kappa shape index (κ2) is 9.63. The summed E-state index contributed by atoms with van der Waals surface area (Å²) in [6.07, 6.45) is 3.42. The van der Waals surface area contributed by atoms with Crippen molar-refractivity contribution in [3.8, 4) is 0 Å². The first-order valence-corrected chi connectivity index (χ1v) is 8.68. The van der Waals surface area contributed by atoms with Gasteiger partial charge in [-0.3, -0.25) is 0 Å². The highest BCUT2D eigenvalue weighted by Crippen LogP contribution is 2.26. The van der Waals surface area contributed by atoms with Gasteiger partial charge in [0.05, 0.1) is 17.9 Å². The van der Waals surface area contributed by atoms with Crippen LogP contribution in [0.3, 0.4) is 0 Å². The summed E-state index contributed by atoms with van der Waals surface area (Å²) >= 11 is 0. The Hall–Kier alpha value is -1.79. The summed E-state index contributed by atoms with van der Waals surface area (Å²) in [4.78, 5) is 2.35. The number of unbranched alkanes of at least 4 members (excludes halogenated alkanes) is 1. The van der Waals surface area contributed by atoms with Crippen LogP contribution in [0, 0.1) is 6.92 Å². The van der Waals surface area contributed by atoms with E-state index in [0.29, 0.717) is 0 Å². The van der Waals surface area contributed by atoms with E-state index in [9.17, 15) is 17.3 Å². The second-order valence-corrected chi connectivity index (χ2v) is 5.85. The average molecular weight is 359 g/mol. The Morgan fingerprint density at radius 2 is 1.60 bits per heavy atom. The molecule has 0 spiro atoms. The van der Waals surface area contributed by atoms with Crippen molar-refractivity contribution >= 4 is 23.9 Å². The summed E-state index contributed by atoms with van der Waals surface area (Å²) in [7, 11) is -6.00. The third kappa shape index (κ3) is 7.32. The number of rotatable bonds is 6. The van der Waals surface area contributed by atoms with Crippen LogP contribution in [0.5, 0.6) is 0 Å². The first-order valence-electron chi connectivity index (χ1n) is 8.68. The smallest absolute Gasteiger partial charge is 0.418 e. The summed E-state index contributed by atoms with van der Waals surface area (Å²) in [5.74, 6) is 1.11. The Labute approximate surface area is 146 Å². The molecule has 2 rings (SSSR count). The van der Waals surface area contributed by atoms with Crippen LogP contribution in [-0.2, 0) is 6.42 Å². The normalized spacial score (nSPS) is 11.2. The van der Waals surface area contributed by atoms with Crippen molar-refractivity contribution in [3.05, 3.63) is 35.6 Å². The van der Waals surface area contributed by atoms with E-state index in [0.717, 1.165) is 30.9 Å². The van der Waals surface area contributed by atoms with Gasteiger partial charge in [-0.25, -0.2) is 4.42 Å². The fourth-order valence-electron chi connectivity index (χ4n) is 2.67. The van der Waals surface area contributed by atoms with Crippen LogP contribution < -0.4 is 4.90 Å². The summed E-state index contributed by atoms with van der Waals surface area (Å²) in [6.45, 7) is 10.8. The molecule has 0 aliphatic rings. The lowest BCUT2D eigenvalue weighted by Crippen LogP contribution is -2.21. The molecule has 0 saturated heterocycles. The van der Waals surface area contributed by atoms with E-state index in [1.807, 2.05) is 0 Å². The predicted octanol–water partition coefficient (Wildman–Crippen LogP) is 6.51. The molecule has 1 aromatic heterocycles. The molecule has 2 aromatic rings. The minimum atomic E-state index is -6.00. The number of hydrogen-bond donors (Lipinski definition) is 0. The lowest BCUT2D eigenvalue weighted by atomic mass is 10.1. The Kier molecular flexibility index (Phi) is 8.19. The standard InChI is InChI=1S/C18H26NO.BF4/c1-5-8-9-16-12-14(4)17-11-10-15(13-18(17)20-16)19(6-2)7-3;2-1(3,4)5/h10-13H,5-9H2,1-4H3;/q+1;-1. The fourth-order valence-corrected chi connectivity index (χ4v) is 2.67. The van der Waals surface area contributed by atoms with Crippen LogP contribution in [-0.4, -0.2) is 20.3 Å². The molecule has 0 aliphatic heterocycles. The zero-order valence-electron chi connectivity index (χ0n) is 15.3. The quantitative estimate of drug-likeness (QED) is 0.332. The van der Waals surface area contributed by atoms with Gasteiger partial charge in [-0.1, -0.05) is 13.3 Å². The third-order valence-electron chi connectivity index (χ3n) is 3.91. The van der Waals surface area contributed by atoms with Crippen LogP contribution in [0.2, 0.25) is 0 Å². The van der Waals surface area contributed by atoms with Gasteiger partial charge in [0.25, 0.3) is 0 Å². The van der Waals surface area contributed by atoms with Crippen molar-refractivity contribution < 1.29 is 21.7 Å². The first kappa shape index (κ1) is 21.3. The lowest BCUT2D eigenvalue weighted by Gasteiger charge is -2.20. The fraction of sp³-hybridized carbons (Fsp3) is 0.500. The lowest BCUT2D eigenvalue weighted by molar-refractivity contribution is 0.368. The average Bonchev–Trinajstić information content (AvgIpc) is 2.52. The molecule has 0 atom stereocenters. The topological polar surface area (TPSA) is 14.5 Å². The van der Waals surface area contributed by atoms with Gasteiger partial charge in [-0.15, -0.1) is 0 Å². The van der Waals surface area contributed by atoms with Crippen molar-refractivity contribution in [1.82, 2.24) is 0 Å². The number of halogens is 4. The minimum absolute atomic E-state index is 1.01. The van der Waals surface area contributed by atoms with E-state index in [4.69, 9.17) is 4.42 Å². The van der Waals surface area contributed by atoms with E-state index >= 15 is 0 Å². The van der Waals surface area contributed by atoms with Crippen LogP contribution in [0.15, 0.2) is 28.7 Å². The monoisotopic (exact) mass is 359 g/mol. The zero-order valence-corrected chi connectivity index (χ0v) is 15.3. The molecule has 140 valence electrons. The second-order valence-electron chi connectivity index (χ2n) is 5.85. The minimum Gasteiger partial charge on any atom is -0.418 e. The van der Waals surface area contributed by atoms with E-state index in [2.05, 4.69) is 56.9 Å². The van der Waals surface area contributed by atoms with Crippen LogP contribution in [0.25, 0.3) is 11.0 Å². The highest BCUT2D eigenvalue weighted by molar-refractivity contribution is 6.50. The van der Waals surface area contributed by atoms with E-state index in [1.165, 1.54) is 29.5 Å². The molecular weight excluding hydrogens is 333 g/mol. The van der Waals surface area contributed by atoms with Gasteiger partial charge >= 0.3 is 18.6 Å². The molecule has 0 aliphatic carbocycles. The Bertz CT molecular complexity index is 666. The Morgan fingerprint density at radius 3 is 2.12 bits per heavy atom. The summed E-state index contributed by atoms with van der Waals surface area (Å²) in [5.41, 5.74) is 3.57. The van der Waals surface area contributed by atoms with Crippen LogP contribution in [0.1, 0.15) is 44.9 Å². The summed E-state index contributed by atoms with van der Waals surface area (Å²) in [6, 6.07) is 8.76. The Balaban J connectivity index is 0.000000550. The molecule has 0 radical (unpaired) electrons. The number of fused-ring (bicyclic) bond motifs is 1. The molecule has 7 heteroatoms. The molecule has 0 saturated carbocycles. The van der Waals surface area contributed by atoms with E-state index in [1.54, 1.807) is 0 Å². The highest BCUT2D eigenvalue weighted by atomic mass is 19.5. The SMILES string of the molecule is CCCCc1cc(C)c2ccc(N(CC)CC)cc2[o+]1.F[B-](F)(F)F. The molecule has 2 nitrogen and oxygen atoms in total. The molecular formula is C18H26BF4NO. The predicted molar refractivity (Wildman–Crippen MR) is 97.7 cm³/mol. The molecule has 1 heterocycles. The number of aryl methyl sites for hydroxylation is 2. The van der Waals surface area contributed by atoms with Gasteiger partial charge in [0.15, 0.2) is 0 Å². The van der Waals surface area contributed by atoms with Gasteiger partial charge in [-0.2, -0.15) is 0 Å². The van der Waals surface area contributed by atoms with Gasteiger partial charge < -0.3 is 22.2 Å². The van der Waals surface area contributed by atoms with Gasteiger partial charge in [0.1, 0.15) is 0 Å². The molecule has 0 N–H and O–H groups in total. The molecule has 25 heavy (non-hydrogen) atoms. The summed E-state index contributed by atoms with van der Waals surface area (Å²) in [5, 5.41) is 1.22. The van der Waals surface area contributed by atoms with Crippen LogP contribution in [0.4, 0.5) is 23.0 Å². The van der Waals surface area contributed by atoms with Gasteiger partial charge in [0.2, 0.25) is 0 Å². The maximum atomic E-state index is 9.75. The van der Waals surface area contributed by atoms with Gasteiger partial charge in [-0.05, 0) is 44.9 Å². The number of benzene rings is 1. The van der Waals surface area contributed by atoms with Gasteiger partial charge in [0, 0.05) is 24.8 Å². The summed E-state index contributed by atoms with van der Waals surface area (Å²) < 4.78 is 45.1. The number of nitrogens with zero attached hydrogens (tertiary/aromatic N) is 1. The zero-order chi connectivity index (χ0) is 19.0.